The van der Waals surface area contributed by atoms with Crippen LogP contribution in [0.1, 0.15) is 19.3 Å². The van der Waals surface area contributed by atoms with E-state index in [-0.39, 0.29) is 24.3 Å². The molecule has 78 valence electrons. The minimum Gasteiger partial charge on any atom is -0.381 e. The highest BCUT2D eigenvalue weighted by molar-refractivity contribution is 6.05. The highest BCUT2D eigenvalue weighted by Gasteiger charge is 2.36. The van der Waals surface area contributed by atoms with Crippen LogP contribution in [0.3, 0.4) is 0 Å². The monoisotopic (exact) mass is 198 g/mol. The molecule has 1 saturated carbocycles. The summed E-state index contributed by atoms with van der Waals surface area (Å²) in [6.45, 7) is 0. The second kappa shape index (κ2) is 3.67. The maximum absolute atomic E-state index is 11.2. The van der Waals surface area contributed by atoms with Crippen molar-refractivity contribution in [2.75, 3.05) is 7.11 Å². The van der Waals surface area contributed by atoms with Gasteiger partial charge in [0.05, 0.1) is 18.6 Å². The van der Waals surface area contributed by atoms with Crippen LogP contribution in [0.15, 0.2) is 0 Å². The fourth-order valence-corrected chi connectivity index (χ4v) is 1.87. The number of hydrogen-bond donors (Lipinski definition) is 2. The lowest BCUT2D eigenvalue weighted by Crippen LogP contribution is -2.51. The van der Waals surface area contributed by atoms with Crippen molar-refractivity contribution in [1.29, 1.82) is 0 Å². The van der Waals surface area contributed by atoms with Gasteiger partial charge in [0.25, 0.3) is 0 Å². The van der Waals surface area contributed by atoms with Gasteiger partial charge in [0.2, 0.25) is 11.8 Å². The number of hydrogen-bond acceptors (Lipinski definition) is 4. The van der Waals surface area contributed by atoms with Crippen molar-refractivity contribution in [1.82, 2.24) is 10.6 Å². The Balaban J connectivity index is 1.76. The van der Waals surface area contributed by atoms with Gasteiger partial charge in [-0.2, -0.15) is 0 Å². The normalized spacial score (nSPS) is 36.8. The predicted molar refractivity (Wildman–Crippen MR) is 48.5 cm³/mol. The molecule has 5 heteroatoms. The molecule has 1 unspecified atom stereocenters. The van der Waals surface area contributed by atoms with Crippen molar-refractivity contribution in [3.63, 3.8) is 0 Å². The molecule has 2 N–H and O–H groups in total. The summed E-state index contributed by atoms with van der Waals surface area (Å²) in [5, 5.41) is 5.42. The smallest absolute Gasteiger partial charge is 0.244 e. The minimum absolute atomic E-state index is 0.185. The Morgan fingerprint density at radius 2 is 2.14 bits per heavy atom. The summed E-state index contributed by atoms with van der Waals surface area (Å²) in [5.74, 6) is -0.383. The van der Waals surface area contributed by atoms with E-state index in [2.05, 4.69) is 10.6 Å². The van der Waals surface area contributed by atoms with E-state index in [1.165, 1.54) is 0 Å². The van der Waals surface area contributed by atoms with Crippen molar-refractivity contribution in [3.8, 4) is 0 Å². The van der Waals surface area contributed by atoms with Gasteiger partial charge in [-0.1, -0.05) is 0 Å². The Morgan fingerprint density at radius 1 is 1.43 bits per heavy atom. The Morgan fingerprint density at radius 3 is 2.64 bits per heavy atom. The van der Waals surface area contributed by atoms with Gasteiger partial charge in [-0.15, -0.1) is 0 Å². The van der Waals surface area contributed by atoms with E-state index in [1.807, 2.05) is 0 Å². The first-order chi connectivity index (χ1) is 6.69. The average Bonchev–Trinajstić information content (AvgIpc) is 2.37. The summed E-state index contributed by atoms with van der Waals surface area (Å²) < 4.78 is 5.12. The van der Waals surface area contributed by atoms with Crippen molar-refractivity contribution in [3.05, 3.63) is 0 Å². The van der Waals surface area contributed by atoms with Crippen LogP contribution in [0.2, 0.25) is 0 Å². The third kappa shape index (κ3) is 1.78. The molecule has 2 amide bonds. The summed E-state index contributed by atoms with van der Waals surface area (Å²) in [6, 6.07) is -0.00749. The van der Waals surface area contributed by atoms with Crippen LogP contribution in [0.5, 0.6) is 0 Å². The Kier molecular flexibility index (Phi) is 2.52. The highest BCUT2D eigenvalue weighted by atomic mass is 16.5. The van der Waals surface area contributed by atoms with Crippen LogP contribution in [0, 0.1) is 0 Å². The molecule has 14 heavy (non-hydrogen) atoms. The summed E-state index contributed by atoms with van der Waals surface area (Å²) in [4.78, 5) is 22.1. The van der Waals surface area contributed by atoms with Crippen LogP contribution >= 0.6 is 0 Å². The number of imide groups is 1. The minimum atomic E-state index is -0.328. The van der Waals surface area contributed by atoms with Crippen molar-refractivity contribution in [2.45, 2.75) is 37.5 Å². The molecule has 1 saturated heterocycles. The molecule has 1 aliphatic carbocycles. The molecular formula is C9H14N2O3. The predicted octanol–water partition coefficient (Wildman–Crippen LogP) is -0.831. The van der Waals surface area contributed by atoms with Gasteiger partial charge < -0.3 is 10.1 Å². The molecule has 0 aromatic heterocycles. The third-order valence-electron chi connectivity index (χ3n) is 2.83. The molecule has 0 aromatic carbocycles. The zero-order valence-corrected chi connectivity index (χ0v) is 8.08. The SMILES string of the molecule is COC1CC(NC2CC(=O)NC2=O)C1. The second-order valence-electron chi connectivity index (χ2n) is 3.86. The standard InChI is InChI=1S/C9H14N2O3/c1-14-6-2-5(3-6)10-7-4-8(12)11-9(7)13/h5-7,10H,2-4H2,1H3,(H,11,12,13). The zero-order valence-electron chi connectivity index (χ0n) is 8.08. The Bertz CT molecular complexity index is 261. The molecule has 2 aliphatic rings. The molecule has 0 spiro atoms. The lowest BCUT2D eigenvalue weighted by molar-refractivity contribution is -0.125. The lowest BCUT2D eigenvalue weighted by atomic mass is 9.88. The lowest BCUT2D eigenvalue weighted by Gasteiger charge is -2.35. The third-order valence-corrected chi connectivity index (χ3v) is 2.83. The van der Waals surface area contributed by atoms with E-state index in [4.69, 9.17) is 4.74 Å². The summed E-state index contributed by atoms with van der Waals surface area (Å²) in [7, 11) is 1.69. The molecule has 2 rings (SSSR count). The first-order valence-corrected chi connectivity index (χ1v) is 4.81. The second-order valence-corrected chi connectivity index (χ2v) is 3.86. The van der Waals surface area contributed by atoms with Gasteiger partial charge in [0.15, 0.2) is 0 Å². The molecule has 0 radical (unpaired) electrons. The number of nitrogens with one attached hydrogen (secondary N) is 2. The zero-order chi connectivity index (χ0) is 10.1. The molecule has 0 aromatic rings. The van der Waals surface area contributed by atoms with Crippen LogP contribution in [0.4, 0.5) is 0 Å². The fourth-order valence-electron chi connectivity index (χ4n) is 1.87. The molecule has 5 nitrogen and oxygen atoms in total. The quantitative estimate of drug-likeness (QED) is 0.581. The van der Waals surface area contributed by atoms with E-state index in [1.54, 1.807) is 7.11 Å². The van der Waals surface area contributed by atoms with Crippen molar-refractivity contribution in [2.24, 2.45) is 0 Å². The molecule has 1 heterocycles. The fraction of sp³-hybridized carbons (Fsp3) is 0.778. The molecule has 0 bridgehead atoms. The van der Waals surface area contributed by atoms with Crippen LogP contribution < -0.4 is 10.6 Å². The summed E-state index contributed by atoms with van der Waals surface area (Å²) in [5.41, 5.74) is 0. The number of amides is 2. The summed E-state index contributed by atoms with van der Waals surface area (Å²) >= 11 is 0. The van der Waals surface area contributed by atoms with Crippen molar-refractivity contribution < 1.29 is 14.3 Å². The molecule has 2 fully saturated rings. The molecule has 1 aliphatic heterocycles. The van der Waals surface area contributed by atoms with Crippen LogP contribution in [0.25, 0.3) is 0 Å². The van der Waals surface area contributed by atoms with Crippen LogP contribution in [-0.2, 0) is 14.3 Å². The van der Waals surface area contributed by atoms with E-state index in [0.29, 0.717) is 12.1 Å². The first kappa shape index (κ1) is 9.61. The van der Waals surface area contributed by atoms with E-state index in [0.717, 1.165) is 12.8 Å². The molecular weight excluding hydrogens is 184 g/mol. The number of rotatable bonds is 3. The van der Waals surface area contributed by atoms with Crippen molar-refractivity contribution >= 4 is 11.8 Å². The van der Waals surface area contributed by atoms with E-state index >= 15 is 0 Å². The maximum Gasteiger partial charge on any atom is 0.244 e. The van der Waals surface area contributed by atoms with Gasteiger partial charge in [0, 0.05) is 13.2 Å². The summed E-state index contributed by atoms with van der Waals surface area (Å²) in [6.07, 6.45) is 2.43. The Labute approximate surface area is 82.2 Å². The number of methoxy groups -OCH3 is 1. The Hall–Kier alpha value is -0.940. The van der Waals surface area contributed by atoms with Gasteiger partial charge in [-0.25, -0.2) is 0 Å². The first-order valence-electron chi connectivity index (χ1n) is 4.81. The van der Waals surface area contributed by atoms with Gasteiger partial charge in [-0.05, 0) is 12.8 Å². The number of ether oxygens (including phenoxy) is 1. The largest absolute Gasteiger partial charge is 0.381 e. The van der Waals surface area contributed by atoms with E-state index < -0.39 is 0 Å². The number of carbonyl (C=O) groups is 2. The highest BCUT2D eigenvalue weighted by Crippen LogP contribution is 2.23. The number of carbonyl (C=O) groups excluding carboxylic acids is 2. The molecule has 1 atom stereocenters. The van der Waals surface area contributed by atoms with E-state index in [9.17, 15) is 9.59 Å². The van der Waals surface area contributed by atoms with Gasteiger partial charge in [0.1, 0.15) is 0 Å². The average molecular weight is 198 g/mol. The van der Waals surface area contributed by atoms with Crippen LogP contribution in [-0.4, -0.2) is 37.1 Å². The van der Waals surface area contributed by atoms with Gasteiger partial charge >= 0.3 is 0 Å². The van der Waals surface area contributed by atoms with Gasteiger partial charge in [-0.3, -0.25) is 14.9 Å². The maximum atomic E-state index is 11.2. The topological polar surface area (TPSA) is 67.4 Å².